The Labute approximate surface area is 107 Å². The summed E-state index contributed by atoms with van der Waals surface area (Å²) < 4.78 is 0. The summed E-state index contributed by atoms with van der Waals surface area (Å²) in [6, 6.07) is -0.407. The zero-order valence-corrected chi connectivity index (χ0v) is 11.4. The molecule has 0 saturated carbocycles. The van der Waals surface area contributed by atoms with Crippen LogP contribution in [0.5, 0.6) is 0 Å². The summed E-state index contributed by atoms with van der Waals surface area (Å²) in [5.41, 5.74) is 5.33. The third kappa shape index (κ3) is 11.5. The van der Waals surface area contributed by atoms with Gasteiger partial charge < -0.3 is 11.1 Å². The number of carbonyl (C=O) groups excluding carboxylic acids is 2. The second-order valence-electron chi connectivity index (χ2n) is 4.18. The predicted molar refractivity (Wildman–Crippen MR) is 72.0 cm³/mol. The summed E-state index contributed by atoms with van der Waals surface area (Å²) in [4.78, 5) is 22.5. The van der Waals surface area contributed by atoms with E-state index in [0.29, 0.717) is 24.8 Å². The van der Waals surface area contributed by atoms with E-state index in [1.165, 1.54) is 11.8 Å². The van der Waals surface area contributed by atoms with Crippen LogP contribution in [0.1, 0.15) is 26.7 Å². The Morgan fingerprint density at radius 1 is 1.35 bits per heavy atom. The second kappa shape index (κ2) is 10.4. The number of imide groups is 1. The van der Waals surface area contributed by atoms with Gasteiger partial charge in [-0.15, -0.1) is 0 Å². The molecule has 6 heteroatoms. The van der Waals surface area contributed by atoms with Gasteiger partial charge in [-0.25, -0.2) is 4.79 Å². The van der Waals surface area contributed by atoms with E-state index in [0.717, 1.165) is 18.6 Å². The normalized spacial score (nSPS) is 10.4. The molecule has 0 atom stereocenters. The fourth-order valence-corrected chi connectivity index (χ4v) is 1.80. The van der Waals surface area contributed by atoms with Crippen LogP contribution in [0, 0.1) is 5.92 Å². The number of hydrogen-bond acceptors (Lipinski definition) is 4. The molecule has 0 unspecified atom stereocenters. The van der Waals surface area contributed by atoms with Crippen molar-refractivity contribution in [3.05, 3.63) is 0 Å². The van der Waals surface area contributed by atoms with Crippen LogP contribution in [0.25, 0.3) is 0 Å². The number of urea groups is 1. The largest absolute Gasteiger partial charge is 0.338 e. The number of carbonyl (C=O) groups is 2. The first-order valence-electron chi connectivity index (χ1n) is 5.91. The topological polar surface area (TPSA) is 84.2 Å². The van der Waals surface area contributed by atoms with Crippen molar-refractivity contribution in [2.75, 3.05) is 24.6 Å². The maximum absolute atomic E-state index is 11.3. The van der Waals surface area contributed by atoms with Crippen LogP contribution in [-0.2, 0) is 4.79 Å². The van der Waals surface area contributed by atoms with Gasteiger partial charge in [-0.1, -0.05) is 13.8 Å². The van der Waals surface area contributed by atoms with Gasteiger partial charge in [-0.3, -0.25) is 10.1 Å². The lowest BCUT2D eigenvalue weighted by Crippen LogP contribution is -2.40. The summed E-state index contributed by atoms with van der Waals surface area (Å²) in [5.74, 6) is 1.43. The fraction of sp³-hybridized carbons (Fsp3) is 0.818. The van der Waals surface area contributed by atoms with E-state index in [9.17, 15) is 9.59 Å². The monoisotopic (exact) mass is 261 g/mol. The van der Waals surface area contributed by atoms with Crippen LogP contribution in [0.3, 0.4) is 0 Å². The van der Waals surface area contributed by atoms with Crippen molar-refractivity contribution in [2.24, 2.45) is 11.7 Å². The Morgan fingerprint density at radius 3 is 2.65 bits per heavy atom. The summed E-state index contributed by atoms with van der Waals surface area (Å²) in [6.45, 7) is 5.39. The molecule has 100 valence electrons. The van der Waals surface area contributed by atoms with Crippen LogP contribution in [0.2, 0.25) is 0 Å². The molecule has 0 aromatic heterocycles. The molecule has 0 spiro atoms. The molecule has 0 rings (SSSR count). The van der Waals surface area contributed by atoms with Crippen LogP contribution < -0.4 is 16.4 Å². The highest BCUT2D eigenvalue weighted by Gasteiger charge is 2.06. The minimum atomic E-state index is -0.407. The van der Waals surface area contributed by atoms with E-state index in [2.05, 4.69) is 24.5 Å². The van der Waals surface area contributed by atoms with Gasteiger partial charge in [0.05, 0.1) is 5.75 Å². The van der Waals surface area contributed by atoms with Crippen LogP contribution in [0.4, 0.5) is 4.79 Å². The van der Waals surface area contributed by atoms with Crippen LogP contribution in [-0.4, -0.2) is 36.5 Å². The average Bonchev–Trinajstić information content (AvgIpc) is 2.23. The number of nitrogens with two attached hydrogens (primary N) is 1. The third-order valence-electron chi connectivity index (χ3n) is 1.99. The Hall–Kier alpha value is -0.750. The van der Waals surface area contributed by atoms with E-state index in [-0.39, 0.29) is 5.91 Å². The zero-order valence-electron chi connectivity index (χ0n) is 10.6. The summed E-state index contributed by atoms with van der Waals surface area (Å²) in [5, 5.41) is 4.94. The van der Waals surface area contributed by atoms with Gasteiger partial charge in [-0.2, -0.15) is 11.8 Å². The summed E-state index contributed by atoms with van der Waals surface area (Å²) in [7, 11) is 0. The predicted octanol–water partition coefficient (Wildman–Crippen LogP) is 0.940. The van der Waals surface area contributed by atoms with E-state index in [1.807, 2.05) is 0 Å². The number of hydrogen-bond donors (Lipinski definition) is 3. The smallest absolute Gasteiger partial charge is 0.321 e. The number of nitrogens with one attached hydrogen (secondary N) is 2. The maximum Gasteiger partial charge on any atom is 0.321 e. The molecule has 0 aliphatic carbocycles. The Bertz CT molecular complexity index is 235. The molecule has 0 aliphatic heterocycles. The van der Waals surface area contributed by atoms with Crippen molar-refractivity contribution in [1.82, 2.24) is 10.6 Å². The van der Waals surface area contributed by atoms with Crippen molar-refractivity contribution in [1.29, 1.82) is 0 Å². The molecule has 4 N–H and O–H groups in total. The van der Waals surface area contributed by atoms with Gasteiger partial charge in [0, 0.05) is 6.54 Å². The Balaban J connectivity index is 3.49. The van der Waals surface area contributed by atoms with E-state index in [1.54, 1.807) is 0 Å². The Morgan fingerprint density at radius 2 is 2.06 bits per heavy atom. The van der Waals surface area contributed by atoms with E-state index >= 15 is 0 Å². The molecule has 0 heterocycles. The summed E-state index contributed by atoms with van der Waals surface area (Å²) >= 11 is 1.48. The highest BCUT2D eigenvalue weighted by molar-refractivity contribution is 7.99. The van der Waals surface area contributed by atoms with Gasteiger partial charge in [0.15, 0.2) is 0 Å². The highest BCUT2D eigenvalue weighted by Crippen LogP contribution is 2.00. The molecule has 0 bridgehead atoms. The molecule has 0 fully saturated rings. The zero-order chi connectivity index (χ0) is 13.1. The number of thioether (sulfide) groups is 1. The van der Waals surface area contributed by atoms with Gasteiger partial charge >= 0.3 is 6.03 Å². The molecule has 0 radical (unpaired) electrons. The molecule has 5 nitrogen and oxygen atoms in total. The first-order valence-corrected chi connectivity index (χ1v) is 7.07. The van der Waals surface area contributed by atoms with Crippen LogP contribution >= 0.6 is 11.8 Å². The minimum Gasteiger partial charge on any atom is -0.338 e. The van der Waals surface area contributed by atoms with E-state index < -0.39 is 6.03 Å². The molecule has 0 aromatic carbocycles. The third-order valence-corrected chi connectivity index (χ3v) is 3.03. The molecule has 17 heavy (non-hydrogen) atoms. The van der Waals surface area contributed by atoms with Gasteiger partial charge in [0.2, 0.25) is 5.91 Å². The lowest BCUT2D eigenvalue weighted by molar-refractivity contribution is -0.117. The van der Waals surface area contributed by atoms with Crippen molar-refractivity contribution in [3.63, 3.8) is 0 Å². The molecule has 0 saturated heterocycles. The van der Waals surface area contributed by atoms with Gasteiger partial charge in [0.25, 0.3) is 0 Å². The lowest BCUT2D eigenvalue weighted by atomic mass is 10.1. The van der Waals surface area contributed by atoms with E-state index in [4.69, 9.17) is 5.73 Å². The number of amides is 3. The molecule has 0 aromatic rings. The lowest BCUT2D eigenvalue weighted by Gasteiger charge is -2.07. The van der Waals surface area contributed by atoms with Gasteiger partial charge in [-0.05, 0) is 31.1 Å². The number of rotatable bonds is 8. The first kappa shape index (κ1) is 16.2. The molecule has 0 aliphatic rings. The van der Waals surface area contributed by atoms with Crippen LogP contribution in [0.15, 0.2) is 0 Å². The fourth-order valence-electron chi connectivity index (χ4n) is 1.03. The average molecular weight is 261 g/mol. The van der Waals surface area contributed by atoms with Crippen molar-refractivity contribution in [2.45, 2.75) is 26.7 Å². The van der Waals surface area contributed by atoms with Crippen molar-refractivity contribution >= 4 is 23.7 Å². The quantitative estimate of drug-likeness (QED) is 0.568. The van der Waals surface area contributed by atoms with Gasteiger partial charge in [0.1, 0.15) is 0 Å². The maximum atomic E-state index is 11.3. The van der Waals surface area contributed by atoms with Crippen molar-refractivity contribution < 1.29 is 9.59 Å². The highest BCUT2D eigenvalue weighted by atomic mass is 32.2. The van der Waals surface area contributed by atoms with Crippen molar-refractivity contribution in [3.8, 4) is 0 Å². The second-order valence-corrected chi connectivity index (χ2v) is 5.29. The minimum absolute atomic E-state index is 0.255. The first-order chi connectivity index (χ1) is 8.06. The summed E-state index contributed by atoms with van der Waals surface area (Å²) in [6.07, 6.45) is 1.80. The SMILES string of the molecule is CC(C)CCNC(=O)NC(=O)CSCCCN. The molecular formula is C11H23N3O2S. The molecule has 3 amide bonds. The Kier molecular flexibility index (Phi) is 9.95. The standard InChI is InChI=1S/C11H23N3O2S/c1-9(2)4-6-13-11(16)14-10(15)8-17-7-3-5-12/h9H,3-8,12H2,1-2H3,(H2,13,14,15,16). The molecular weight excluding hydrogens is 238 g/mol.